The third kappa shape index (κ3) is 2.67. The second-order valence-corrected chi connectivity index (χ2v) is 5.12. The smallest absolute Gasteiger partial charge is 0.316 e. The second kappa shape index (κ2) is 5.18. The first kappa shape index (κ1) is 12.6. The summed E-state index contributed by atoms with van der Waals surface area (Å²) in [4.78, 5) is 10.8. The fourth-order valence-corrected chi connectivity index (χ4v) is 2.13. The summed E-state index contributed by atoms with van der Waals surface area (Å²) in [5.41, 5.74) is 1.91. The first-order chi connectivity index (χ1) is 8.58. The highest BCUT2D eigenvalue weighted by Gasteiger charge is 2.18. The molecule has 1 N–H and O–H groups in total. The van der Waals surface area contributed by atoms with E-state index in [1.54, 1.807) is 6.92 Å². The van der Waals surface area contributed by atoms with Crippen LogP contribution in [0.5, 0.6) is 0 Å². The molecule has 0 fully saturated rings. The molecule has 1 aromatic carbocycles. The third-order valence-corrected chi connectivity index (χ3v) is 3.34. The Balaban J connectivity index is 2.30. The number of nitrogens with zero attached hydrogens (tertiary/aromatic N) is 4. The summed E-state index contributed by atoms with van der Waals surface area (Å²) in [6.45, 7) is 3.57. The third-order valence-electron chi connectivity index (χ3n) is 2.32. The zero-order chi connectivity index (χ0) is 13.1. The molecule has 0 spiro atoms. The maximum absolute atomic E-state index is 10.8. The number of rotatable bonds is 4. The Morgan fingerprint density at radius 1 is 1.50 bits per heavy atom. The number of aliphatic carboxylic acids is 1. The van der Waals surface area contributed by atoms with E-state index in [-0.39, 0.29) is 0 Å². The predicted molar refractivity (Wildman–Crippen MR) is 66.8 cm³/mol. The monoisotopic (exact) mass is 264 g/mol. The van der Waals surface area contributed by atoms with Crippen LogP contribution in [0, 0.1) is 6.92 Å². The lowest BCUT2D eigenvalue weighted by molar-refractivity contribution is -0.136. The minimum Gasteiger partial charge on any atom is -0.480 e. The van der Waals surface area contributed by atoms with Crippen LogP contribution in [0.15, 0.2) is 29.4 Å². The van der Waals surface area contributed by atoms with Crippen LogP contribution in [0.1, 0.15) is 12.5 Å². The highest BCUT2D eigenvalue weighted by atomic mass is 32.2. The average Bonchev–Trinajstić information content (AvgIpc) is 2.77. The van der Waals surface area contributed by atoms with Crippen molar-refractivity contribution in [2.75, 3.05) is 0 Å². The van der Waals surface area contributed by atoms with Crippen LogP contribution in [0.3, 0.4) is 0 Å². The van der Waals surface area contributed by atoms with Gasteiger partial charge in [0.1, 0.15) is 5.25 Å². The number of thioether (sulfide) groups is 1. The van der Waals surface area contributed by atoms with Gasteiger partial charge in [0, 0.05) is 0 Å². The Hall–Kier alpha value is -1.89. The number of aromatic nitrogens is 4. The van der Waals surface area contributed by atoms with Crippen molar-refractivity contribution in [3.63, 3.8) is 0 Å². The minimum absolute atomic E-state index is 0.468. The quantitative estimate of drug-likeness (QED) is 0.843. The Bertz CT molecular complexity index is 570. The van der Waals surface area contributed by atoms with E-state index in [1.165, 1.54) is 4.68 Å². The molecule has 0 aliphatic carbocycles. The van der Waals surface area contributed by atoms with Gasteiger partial charge in [-0.25, -0.2) is 0 Å². The van der Waals surface area contributed by atoms with Gasteiger partial charge in [-0.1, -0.05) is 23.9 Å². The summed E-state index contributed by atoms with van der Waals surface area (Å²) in [5.74, 6) is -0.890. The molecule has 0 amide bonds. The van der Waals surface area contributed by atoms with E-state index < -0.39 is 11.2 Å². The van der Waals surface area contributed by atoms with E-state index >= 15 is 0 Å². The molecule has 1 atom stereocenters. The van der Waals surface area contributed by atoms with E-state index in [0.29, 0.717) is 5.16 Å². The molecule has 1 aromatic heterocycles. The topological polar surface area (TPSA) is 80.9 Å². The van der Waals surface area contributed by atoms with Crippen LogP contribution < -0.4 is 0 Å². The molecule has 0 bridgehead atoms. The van der Waals surface area contributed by atoms with Crippen molar-refractivity contribution in [3.8, 4) is 5.69 Å². The van der Waals surface area contributed by atoms with Crippen molar-refractivity contribution in [1.82, 2.24) is 20.2 Å². The molecule has 2 aromatic rings. The van der Waals surface area contributed by atoms with Crippen LogP contribution >= 0.6 is 11.8 Å². The lowest BCUT2D eigenvalue weighted by atomic mass is 10.2. The van der Waals surface area contributed by atoms with Crippen molar-refractivity contribution < 1.29 is 9.90 Å². The summed E-state index contributed by atoms with van der Waals surface area (Å²) in [5, 5.41) is 20.1. The molecule has 0 saturated heterocycles. The molecule has 18 heavy (non-hydrogen) atoms. The summed E-state index contributed by atoms with van der Waals surface area (Å²) < 4.78 is 1.54. The number of tetrazole rings is 1. The molecule has 1 heterocycles. The molecule has 7 heteroatoms. The van der Waals surface area contributed by atoms with Gasteiger partial charge in [-0.15, -0.1) is 5.10 Å². The van der Waals surface area contributed by atoms with Gasteiger partial charge in [0.15, 0.2) is 0 Å². The average molecular weight is 264 g/mol. The Morgan fingerprint density at radius 2 is 2.28 bits per heavy atom. The SMILES string of the molecule is Cc1cccc(-n2nnnc2S[C@H](C)C(=O)O)c1. The molecule has 94 valence electrons. The molecule has 0 radical (unpaired) electrons. The second-order valence-electron chi connectivity index (χ2n) is 3.81. The summed E-state index contributed by atoms with van der Waals surface area (Å²) >= 11 is 1.11. The van der Waals surface area contributed by atoms with E-state index in [0.717, 1.165) is 23.0 Å². The zero-order valence-electron chi connectivity index (χ0n) is 9.94. The molecule has 0 saturated carbocycles. The van der Waals surface area contributed by atoms with Crippen molar-refractivity contribution in [3.05, 3.63) is 29.8 Å². The number of carboxylic acid groups (broad SMARTS) is 1. The van der Waals surface area contributed by atoms with Gasteiger partial charge in [-0.2, -0.15) is 4.68 Å². The van der Waals surface area contributed by atoms with Gasteiger partial charge in [0.25, 0.3) is 0 Å². The van der Waals surface area contributed by atoms with E-state index in [1.807, 2.05) is 31.2 Å². The van der Waals surface area contributed by atoms with Crippen LogP contribution in [-0.4, -0.2) is 36.5 Å². The number of aryl methyl sites for hydroxylation is 1. The van der Waals surface area contributed by atoms with Gasteiger partial charge in [0.2, 0.25) is 5.16 Å². The summed E-state index contributed by atoms with van der Waals surface area (Å²) in [6.07, 6.45) is 0. The van der Waals surface area contributed by atoms with Crippen molar-refractivity contribution in [2.45, 2.75) is 24.3 Å². The van der Waals surface area contributed by atoms with Gasteiger partial charge < -0.3 is 5.11 Å². The van der Waals surface area contributed by atoms with Gasteiger partial charge in [-0.05, 0) is 42.0 Å². The molecular formula is C11H12N4O2S. The standard InChI is InChI=1S/C11H12N4O2S/c1-7-4-3-5-9(6-7)15-11(12-13-14-15)18-8(2)10(16)17/h3-6,8H,1-2H3,(H,16,17)/t8-/m1/s1. The Labute approximate surface area is 108 Å². The zero-order valence-corrected chi connectivity index (χ0v) is 10.8. The van der Waals surface area contributed by atoms with Gasteiger partial charge in [-0.3, -0.25) is 4.79 Å². The van der Waals surface area contributed by atoms with Crippen molar-refractivity contribution in [2.24, 2.45) is 0 Å². The molecule has 2 rings (SSSR count). The maximum atomic E-state index is 10.8. The van der Waals surface area contributed by atoms with Gasteiger partial charge >= 0.3 is 5.97 Å². The molecular weight excluding hydrogens is 252 g/mol. The lowest BCUT2D eigenvalue weighted by Crippen LogP contribution is -2.12. The lowest BCUT2D eigenvalue weighted by Gasteiger charge is -2.07. The van der Waals surface area contributed by atoms with E-state index in [2.05, 4.69) is 15.5 Å². The minimum atomic E-state index is -0.890. The normalized spacial score (nSPS) is 12.3. The molecule has 0 unspecified atom stereocenters. The predicted octanol–water partition coefficient (Wildman–Crippen LogP) is 1.54. The maximum Gasteiger partial charge on any atom is 0.316 e. The van der Waals surface area contributed by atoms with Crippen LogP contribution in [0.4, 0.5) is 0 Å². The van der Waals surface area contributed by atoms with E-state index in [4.69, 9.17) is 5.11 Å². The molecule has 0 aliphatic rings. The largest absolute Gasteiger partial charge is 0.480 e. The van der Waals surface area contributed by atoms with Crippen LogP contribution in [0.2, 0.25) is 0 Å². The van der Waals surface area contributed by atoms with Crippen LogP contribution in [-0.2, 0) is 4.79 Å². The Kier molecular flexibility index (Phi) is 3.61. The number of carbonyl (C=O) groups is 1. The first-order valence-corrected chi connectivity index (χ1v) is 6.21. The highest BCUT2D eigenvalue weighted by molar-refractivity contribution is 8.00. The van der Waals surface area contributed by atoms with Crippen molar-refractivity contribution in [1.29, 1.82) is 0 Å². The highest BCUT2D eigenvalue weighted by Crippen LogP contribution is 2.23. The fourth-order valence-electron chi connectivity index (χ4n) is 1.38. The summed E-state index contributed by atoms with van der Waals surface area (Å²) in [7, 11) is 0. The molecule has 6 nitrogen and oxygen atoms in total. The van der Waals surface area contributed by atoms with E-state index in [9.17, 15) is 4.79 Å². The number of benzene rings is 1. The fraction of sp³-hybridized carbons (Fsp3) is 0.273. The van der Waals surface area contributed by atoms with Crippen molar-refractivity contribution >= 4 is 17.7 Å². The van der Waals surface area contributed by atoms with Gasteiger partial charge in [0.05, 0.1) is 5.69 Å². The van der Waals surface area contributed by atoms with Crippen LogP contribution in [0.25, 0.3) is 5.69 Å². The summed E-state index contributed by atoms with van der Waals surface area (Å²) in [6, 6.07) is 7.69. The number of hydrogen-bond donors (Lipinski definition) is 1. The molecule has 0 aliphatic heterocycles. The first-order valence-electron chi connectivity index (χ1n) is 5.33. The number of carboxylic acids is 1. The number of hydrogen-bond acceptors (Lipinski definition) is 5. The Morgan fingerprint density at radius 3 is 2.94 bits per heavy atom.